The molecule has 2 rings (SSSR count). The van der Waals surface area contributed by atoms with Crippen LogP contribution in [0.25, 0.3) is 0 Å². The molecule has 29 heavy (non-hydrogen) atoms. The van der Waals surface area contributed by atoms with Crippen LogP contribution in [0.4, 0.5) is 15.3 Å². The van der Waals surface area contributed by atoms with Crippen LogP contribution in [0, 0.1) is 0 Å². The predicted molar refractivity (Wildman–Crippen MR) is 117 cm³/mol. The summed E-state index contributed by atoms with van der Waals surface area (Å²) >= 11 is 3.42. The number of anilines is 1. The molecule has 0 radical (unpaired) electrons. The van der Waals surface area contributed by atoms with E-state index >= 15 is 0 Å². The van der Waals surface area contributed by atoms with E-state index in [4.69, 9.17) is 9.47 Å². The Morgan fingerprint density at radius 3 is 2.10 bits per heavy atom. The number of benzene rings is 1. The summed E-state index contributed by atoms with van der Waals surface area (Å²) in [5.41, 5.74) is -0.208. The van der Waals surface area contributed by atoms with Gasteiger partial charge in [-0.1, -0.05) is 15.9 Å². The van der Waals surface area contributed by atoms with E-state index in [-0.39, 0.29) is 18.2 Å². The van der Waals surface area contributed by atoms with Crippen molar-refractivity contribution in [2.45, 2.75) is 58.8 Å². The average Bonchev–Trinajstić information content (AvgIpc) is 2.58. The monoisotopic (exact) mass is 469 g/mol. The molecule has 1 fully saturated rings. The summed E-state index contributed by atoms with van der Waals surface area (Å²) in [5.74, 6) is 0. The second-order valence-electron chi connectivity index (χ2n) is 9.14. The lowest BCUT2D eigenvalue weighted by atomic mass is 10.1. The molecular weight excluding hydrogens is 438 g/mol. The molecule has 1 aliphatic heterocycles. The Hall–Kier alpha value is -1.96. The summed E-state index contributed by atoms with van der Waals surface area (Å²) in [6.45, 7) is 12.7. The van der Waals surface area contributed by atoms with Gasteiger partial charge in [-0.15, -0.1) is 0 Å². The van der Waals surface area contributed by atoms with Crippen LogP contribution in [-0.2, 0) is 9.47 Å². The number of carbonyl (C=O) groups is 2. The van der Waals surface area contributed by atoms with Gasteiger partial charge in [0.15, 0.2) is 0 Å². The number of rotatable bonds is 3. The molecule has 1 aromatic rings. The Labute approximate surface area is 181 Å². The number of carbonyl (C=O) groups excluding carboxylic acids is 2. The normalized spacial score (nSPS) is 17.7. The van der Waals surface area contributed by atoms with E-state index in [0.29, 0.717) is 26.2 Å². The minimum absolute atomic E-state index is 0.241. The summed E-state index contributed by atoms with van der Waals surface area (Å²) in [6.07, 6.45) is -0.737. The largest absolute Gasteiger partial charge is 0.444 e. The zero-order chi connectivity index (χ0) is 21.8. The molecule has 1 atom stereocenters. The predicted octanol–water partition coefficient (Wildman–Crippen LogP) is 4.72. The molecule has 0 aliphatic carbocycles. The molecule has 1 saturated heterocycles. The third-order valence-electron chi connectivity index (χ3n) is 4.15. The first-order valence-electron chi connectivity index (χ1n) is 9.81. The molecule has 7 nitrogen and oxygen atoms in total. The standard InChI is InChI=1S/C21H32BrN3O4/c1-20(2,3)28-18(26)24-11-12-25(19(27)29-21(4,5)6)17(14-24)13-23-16-9-7-15(22)8-10-16/h7-10,17,23H,11-14H2,1-6H3/t17-/m1/s1. The molecule has 0 bridgehead atoms. The quantitative estimate of drug-likeness (QED) is 0.693. The molecule has 2 amide bonds. The van der Waals surface area contributed by atoms with Gasteiger partial charge in [-0.25, -0.2) is 9.59 Å². The molecule has 1 aromatic carbocycles. The van der Waals surface area contributed by atoms with Crippen molar-refractivity contribution in [3.8, 4) is 0 Å². The topological polar surface area (TPSA) is 71.1 Å². The fraction of sp³-hybridized carbons (Fsp3) is 0.619. The van der Waals surface area contributed by atoms with Gasteiger partial charge < -0.3 is 19.7 Å². The van der Waals surface area contributed by atoms with Gasteiger partial charge in [-0.3, -0.25) is 4.90 Å². The molecular formula is C21H32BrN3O4. The van der Waals surface area contributed by atoms with E-state index in [9.17, 15) is 9.59 Å². The van der Waals surface area contributed by atoms with Crippen molar-refractivity contribution in [3.63, 3.8) is 0 Å². The Morgan fingerprint density at radius 2 is 1.55 bits per heavy atom. The Balaban J connectivity index is 2.10. The number of nitrogens with zero attached hydrogens (tertiary/aromatic N) is 2. The Morgan fingerprint density at radius 1 is 1.00 bits per heavy atom. The Bertz CT molecular complexity index is 710. The highest BCUT2D eigenvalue weighted by molar-refractivity contribution is 9.10. The summed E-state index contributed by atoms with van der Waals surface area (Å²) in [6, 6.07) is 7.56. The highest BCUT2D eigenvalue weighted by Gasteiger charge is 2.36. The van der Waals surface area contributed by atoms with E-state index in [1.807, 2.05) is 65.8 Å². The van der Waals surface area contributed by atoms with Crippen LogP contribution in [0.5, 0.6) is 0 Å². The van der Waals surface area contributed by atoms with Crippen molar-refractivity contribution in [2.75, 3.05) is 31.5 Å². The first-order chi connectivity index (χ1) is 13.3. The van der Waals surface area contributed by atoms with Gasteiger partial charge in [-0.2, -0.15) is 0 Å². The number of ether oxygens (including phenoxy) is 2. The molecule has 0 saturated carbocycles. The second kappa shape index (κ2) is 9.24. The molecule has 8 heteroatoms. The molecule has 1 heterocycles. The number of hydrogen-bond acceptors (Lipinski definition) is 5. The van der Waals surface area contributed by atoms with Crippen LogP contribution >= 0.6 is 15.9 Å². The van der Waals surface area contributed by atoms with Gasteiger partial charge in [0.25, 0.3) is 0 Å². The lowest BCUT2D eigenvalue weighted by molar-refractivity contribution is -0.0129. The van der Waals surface area contributed by atoms with Crippen LogP contribution in [0.1, 0.15) is 41.5 Å². The lowest BCUT2D eigenvalue weighted by Gasteiger charge is -2.42. The lowest BCUT2D eigenvalue weighted by Crippen LogP contribution is -2.59. The summed E-state index contributed by atoms with van der Waals surface area (Å²) in [5, 5.41) is 3.35. The number of hydrogen-bond donors (Lipinski definition) is 1. The van der Waals surface area contributed by atoms with Crippen molar-refractivity contribution < 1.29 is 19.1 Å². The minimum atomic E-state index is -0.580. The van der Waals surface area contributed by atoms with Crippen LogP contribution in [0.3, 0.4) is 0 Å². The van der Waals surface area contributed by atoms with Gasteiger partial charge in [0.05, 0.1) is 6.04 Å². The number of nitrogens with one attached hydrogen (secondary N) is 1. The first-order valence-corrected chi connectivity index (χ1v) is 10.6. The van der Waals surface area contributed by atoms with Gasteiger partial charge in [0.1, 0.15) is 11.2 Å². The fourth-order valence-corrected chi connectivity index (χ4v) is 3.15. The molecule has 1 N–H and O–H groups in total. The maximum absolute atomic E-state index is 12.7. The van der Waals surface area contributed by atoms with Gasteiger partial charge >= 0.3 is 12.2 Å². The molecule has 0 spiro atoms. The van der Waals surface area contributed by atoms with Crippen molar-refractivity contribution in [3.05, 3.63) is 28.7 Å². The van der Waals surface area contributed by atoms with Gasteiger partial charge in [0, 0.05) is 36.3 Å². The number of amides is 2. The minimum Gasteiger partial charge on any atom is -0.444 e. The van der Waals surface area contributed by atoms with E-state index in [1.54, 1.807) is 9.80 Å². The van der Waals surface area contributed by atoms with Crippen LogP contribution in [-0.4, -0.2) is 65.4 Å². The van der Waals surface area contributed by atoms with Crippen molar-refractivity contribution in [1.29, 1.82) is 0 Å². The Kier molecular flexibility index (Phi) is 7.43. The van der Waals surface area contributed by atoms with E-state index in [1.165, 1.54) is 0 Å². The highest BCUT2D eigenvalue weighted by Crippen LogP contribution is 2.20. The second-order valence-corrected chi connectivity index (χ2v) is 10.1. The van der Waals surface area contributed by atoms with Crippen LogP contribution in [0.2, 0.25) is 0 Å². The molecule has 162 valence electrons. The van der Waals surface area contributed by atoms with Crippen LogP contribution < -0.4 is 5.32 Å². The third kappa shape index (κ3) is 7.76. The number of piperazine rings is 1. The molecule has 1 aliphatic rings. The van der Waals surface area contributed by atoms with Crippen molar-refractivity contribution in [1.82, 2.24) is 9.80 Å². The van der Waals surface area contributed by atoms with E-state index < -0.39 is 11.2 Å². The van der Waals surface area contributed by atoms with Gasteiger partial charge in [-0.05, 0) is 65.8 Å². The zero-order valence-corrected chi connectivity index (χ0v) is 19.7. The summed E-state index contributed by atoms with van der Waals surface area (Å²) < 4.78 is 12.1. The number of halogens is 1. The van der Waals surface area contributed by atoms with Crippen LogP contribution in [0.15, 0.2) is 28.7 Å². The van der Waals surface area contributed by atoms with E-state index in [2.05, 4.69) is 21.2 Å². The zero-order valence-electron chi connectivity index (χ0n) is 18.1. The van der Waals surface area contributed by atoms with Gasteiger partial charge in [0.2, 0.25) is 0 Å². The van der Waals surface area contributed by atoms with Crippen molar-refractivity contribution >= 4 is 33.8 Å². The smallest absolute Gasteiger partial charge is 0.410 e. The molecule has 0 unspecified atom stereocenters. The maximum atomic E-state index is 12.7. The van der Waals surface area contributed by atoms with Crippen molar-refractivity contribution in [2.24, 2.45) is 0 Å². The first kappa shape index (κ1) is 23.3. The third-order valence-corrected chi connectivity index (χ3v) is 4.68. The maximum Gasteiger partial charge on any atom is 0.410 e. The fourth-order valence-electron chi connectivity index (χ4n) is 2.89. The average molecular weight is 470 g/mol. The SMILES string of the molecule is CC(C)(C)OC(=O)N1CCN(C(=O)OC(C)(C)C)[C@H](CNc2ccc(Br)cc2)C1. The highest BCUT2D eigenvalue weighted by atomic mass is 79.9. The summed E-state index contributed by atoms with van der Waals surface area (Å²) in [4.78, 5) is 28.6. The molecule has 0 aromatic heterocycles. The van der Waals surface area contributed by atoms with E-state index in [0.717, 1.165) is 10.2 Å². The summed E-state index contributed by atoms with van der Waals surface area (Å²) in [7, 11) is 0.